The summed E-state index contributed by atoms with van der Waals surface area (Å²) >= 11 is 0. The molecule has 0 aliphatic heterocycles. The minimum absolute atomic E-state index is 0.249. The normalized spacial score (nSPS) is 13.8. The Morgan fingerprint density at radius 1 is 1.30 bits per heavy atom. The maximum atomic E-state index is 11.8. The summed E-state index contributed by atoms with van der Waals surface area (Å²) in [5.74, 6) is 0.500. The second-order valence-corrected chi connectivity index (χ2v) is 7.88. The Kier molecular flexibility index (Phi) is 4.45. The Balaban J connectivity index is 2.64. The van der Waals surface area contributed by atoms with E-state index in [1.54, 1.807) is 0 Å². The zero-order chi connectivity index (χ0) is 14.9. The van der Waals surface area contributed by atoms with Crippen LogP contribution in [-0.2, 0) is 15.6 Å². The summed E-state index contributed by atoms with van der Waals surface area (Å²) in [6, 6.07) is 7.53. The van der Waals surface area contributed by atoms with Gasteiger partial charge in [0.05, 0.1) is 0 Å². The highest BCUT2D eigenvalue weighted by Gasteiger charge is 2.23. The summed E-state index contributed by atoms with van der Waals surface area (Å²) in [6.45, 7) is 6.99. The predicted molar refractivity (Wildman–Crippen MR) is 83.8 cm³/mol. The first-order chi connectivity index (χ1) is 9.36. The van der Waals surface area contributed by atoms with Crippen LogP contribution in [0.2, 0.25) is 0 Å². The fourth-order valence-electron chi connectivity index (χ4n) is 2.84. The molecule has 0 aliphatic carbocycles. The van der Waals surface area contributed by atoms with Gasteiger partial charge < -0.3 is 4.57 Å². The highest BCUT2D eigenvalue weighted by molar-refractivity contribution is 8.14. The van der Waals surface area contributed by atoms with E-state index in [0.29, 0.717) is 11.3 Å². The molecule has 1 atom stereocenters. The standard InChI is InChI=1S/C15H20ClNO2S/c1-4-7-11(2)10-17-12(3)15(20(16,18)19)13-8-5-6-9-14(13)17/h5-6,8-9,11H,4,7,10H2,1-3H3. The van der Waals surface area contributed by atoms with E-state index >= 15 is 0 Å². The van der Waals surface area contributed by atoms with Crippen molar-refractivity contribution in [2.24, 2.45) is 5.92 Å². The van der Waals surface area contributed by atoms with Gasteiger partial charge in [-0.2, -0.15) is 0 Å². The van der Waals surface area contributed by atoms with Crippen LogP contribution in [0.4, 0.5) is 0 Å². The number of hydrogen-bond donors (Lipinski definition) is 0. The van der Waals surface area contributed by atoms with Gasteiger partial charge in [-0.05, 0) is 25.3 Å². The molecule has 2 aromatic rings. The molecule has 0 fully saturated rings. The fraction of sp³-hybridized carbons (Fsp3) is 0.467. The van der Waals surface area contributed by atoms with Gasteiger partial charge in [-0.25, -0.2) is 8.42 Å². The number of rotatable bonds is 5. The highest BCUT2D eigenvalue weighted by Crippen LogP contribution is 2.32. The monoisotopic (exact) mass is 313 g/mol. The van der Waals surface area contributed by atoms with E-state index in [0.717, 1.165) is 30.6 Å². The van der Waals surface area contributed by atoms with Crippen LogP contribution in [-0.4, -0.2) is 13.0 Å². The first kappa shape index (κ1) is 15.4. The number of hydrogen-bond acceptors (Lipinski definition) is 2. The number of para-hydroxylation sites is 1. The average molecular weight is 314 g/mol. The van der Waals surface area contributed by atoms with Crippen LogP contribution in [0.25, 0.3) is 10.9 Å². The Labute approximate surface area is 125 Å². The van der Waals surface area contributed by atoms with Gasteiger partial charge in [0.15, 0.2) is 0 Å². The zero-order valence-corrected chi connectivity index (χ0v) is 13.6. The van der Waals surface area contributed by atoms with E-state index in [1.807, 2.05) is 31.2 Å². The minimum atomic E-state index is -3.74. The third-order valence-corrected chi connectivity index (χ3v) is 5.16. The molecule has 0 spiro atoms. The van der Waals surface area contributed by atoms with Crippen LogP contribution in [0.3, 0.4) is 0 Å². The Hall–Kier alpha value is -1.00. The van der Waals surface area contributed by atoms with E-state index in [1.165, 1.54) is 0 Å². The van der Waals surface area contributed by atoms with Crippen molar-refractivity contribution in [1.29, 1.82) is 0 Å². The quantitative estimate of drug-likeness (QED) is 0.771. The smallest absolute Gasteiger partial charge is 0.263 e. The van der Waals surface area contributed by atoms with Gasteiger partial charge in [-0.1, -0.05) is 38.5 Å². The molecule has 20 heavy (non-hydrogen) atoms. The van der Waals surface area contributed by atoms with E-state index in [-0.39, 0.29) is 4.90 Å². The van der Waals surface area contributed by atoms with Crippen molar-refractivity contribution in [3.05, 3.63) is 30.0 Å². The average Bonchev–Trinajstić information content (AvgIpc) is 2.62. The fourth-order valence-corrected chi connectivity index (χ4v) is 4.32. The molecule has 2 rings (SSSR count). The summed E-state index contributed by atoms with van der Waals surface area (Å²) in [4.78, 5) is 0.249. The molecular formula is C15H20ClNO2S. The largest absolute Gasteiger partial charge is 0.343 e. The molecule has 0 saturated carbocycles. The van der Waals surface area contributed by atoms with Crippen molar-refractivity contribution in [2.45, 2.75) is 45.1 Å². The topological polar surface area (TPSA) is 39.1 Å². The van der Waals surface area contributed by atoms with Crippen LogP contribution < -0.4 is 0 Å². The van der Waals surface area contributed by atoms with Crippen LogP contribution in [0, 0.1) is 12.8 Å². The lowest BCUT2D eigenvalue weighted by molar-refractivity contribution is 0.447. The molecule has 5 heteroatoms. The summed E-state index contributed by atoms with van der Waals surface area (Å²) < 4.78 is 25.8. The number of halogens is 1. The van der Waals surface area contributed by atoms with Crippen LogP contribution in [0.15, 0.2) is 29.2 Å². The maximum absolute atomic E-state index is 11.8. The Morgan fingerprint density at radius 3 is 2.55 bits per heavy atom. The molecule has 1 aromatic carbocycles. The van der Waals surface area contributed by atoms with Crippen LogP contribution in [0.5, 0.6) is 0 Å². The van der Waals surface area contributed by atoms with Gasteiger partial charge in [0.25, 0.3) is 9.05 Å². The third-order valence-electron chi connectivity index (χ3n) is 3.69. The number of benzene rings is 1. The molecule has 1 aromatic heterocycles. The van der Waals surface area contributed by atoms with Crippen molar-refractivity contribution in [3.8, 4) is 0 Å². The van der Waals surface area contributed by atoms with Gasteiger partial charge in [0.2, 0.25) is 0 Å². The lowest BCUT2D eigenvalue weighted by Gasteiger charge is -2.14. The molecule has 1 heterocycles. The number of aromatic nitrogens is 1. The SMILES string of the molecule is CCCC(C)Cn1c(C)c(S(=O)(=O)Cl)c2ccccc21. The van der Waals surface area contributed by atoms with Crippen LogP contribution in [0.1, 0.15) is 32.4 Å². The zero-order valence-electron chi connectivity index (χ0n) is 12.1. The summed E-state index contributed by atoms with van der Waals surface area (Å²) in [5, 5.41) is 0.712. The first-order valence-electron chi connectivity index (χ1n) is 6.88. The van der Waals surface area contributed by atoms with Crippen molar-refractivity contribution in [1.82, 2.24) is 4.57 Å². The number of fused-ring (bicyclic) bond motifs is 1. The van der Waals surface area contributed by atoms with E-state index < -0.39 is 9.05 Å². The van der Waals surface area contributed by atoms with Crippen molar-refractivity contribution in [2.75, 3.05) is 0 Å². The second kappa shape index (κ2) is 5.78. The molecule has 1 unspecified atom stereocenters. The number of nitrogens with zero attached hydrogens (tertiary/aromatic N) is 1. The van der Waals surface area contributed by atoms with Gasteiger partial charge in [0.1, 0.15) is 4.90 Å². The molecule has 110 valence electrons. The van der Waals surface area contributed by atoms with E-state index in [4.69, 9.17) is 10.7 Å². The molecule has 0 N–H and O–H groups in total. The lowest BCUT2D eigenvalue weighted by atomic mass is 10.1. The van der Waals surface area contributed by atoms with Gasteiger partial charge in [-0.15, -0.1) is 0 Å². The Morgan fingerprint density at radius 2 is 1.95 bits per heavy atom. The molecular weight excluding hydrogens is 294 g/mol. The summed E-state index contributed by atoms with van der Waals surface area (Å²) in [7, 11) is 1.88. The van der Waals surface area contributed by atoms with Gasteiger partial charge in [-0.3, -0.25) is 0 Å². The lowest BCUT2D eigenvalue weighted by Crippen LogP contribution is -2.09. The van der Waals surface area contributed by atoms with E-state index in [9.17, 15) is 8.42 Å². The van der Waals surface area contributed by atoms with Gasteiger partial charge in [0, 0.05) is 33.8 Å². The van der Waals surface area contributed by atoms with Gasteiger partial charge >= 0.3 is 0 Å². The molecule has 0 bridgehead atoms. The molecule has 3 nitrogen and oxygen atoms in total. The van der Waals surface area contributed by atoms with E-state index in [2.05, 4.69) is 18.4 Å². The first-order valence-corrected chi connectivity index (χ1v) is 9.19. The molecule has 0 amide bonds. The maximum Gasteiger partial charge on any atom is 0.263 e. The molecule has 0 saturated heterocycles. The van der Waals surface area contributed by atoms with Crippen LogP contribution >= 0.6 is 10.7 Å². The Bertz CT molecular complexity index is 719. The van der Waals surface area contributed by atoms with Crippen molar-refractivity contribution >= 4 is 30.6 Å². The molecule has 0 radical (unpaired) electrons. The summed E-state index contributed by atoms with van der Waals surface area (Å²) in [5.41, 5.74) is 1.66. The third kappa shape index (κ3) is 2.86. The highest BCUT2D eigenvalue weighted by atomic mass is 35.7. The molecule has 0 aliphatic rings. The van der Waals surface area contributed by atoms with Crippen molar-refractivity contribution in [3.63, 3.8) is 0 Å². The van der Waals surface area contributed by atoms with Crippen molar-refractivity contribution < 1.29 is 8.42 Å². The summed E-state index contributed by atoms with van der Waals surface area (Å²) in [6.07, 6.45) is 2.25. The predicted octanol–water partition coefficient (Wildman–Crippen LogP) is 4.31. The minimum Gasteiger partial charge on any atom is -0.343 e. The second-order valence-electron chi connectivity index (χ2n) is 5.37.